The molecule has 17 heavy (non-hydrogen) atoms. The van der Waals surface area contributed by atoms with Gasteiger partial charge in [-0.15, -0.1) is 0 Å². The second-order valence-corrected chi connectivity index (χ2v) is 8.64. The first-order chi connectivity index (χ1) is 7.42. The highest BCUT2D eigenvalue weighted by Gasteiger charge is 2.31. The van der Waals surface area contributed by atoms with Crippen LogP contribution in [0.5, 0.6) is 0 Å². The van der Waals surface area contributed by atoms with Gasteiger partial charge in [0.2, 0.25) is 10.0 Å². The second kappa shape index (κ2) is 5.59. The van der Waals surface area contributed by atoms with Crippen molar-refractivity contribution >= 4 is 37.1 Å². The molecule has 0 rings (SSSR count). The van der Waals surface area contributed by atoms with Crippen LogP contribution in [0.4, 0.5) is 0 Å². The van der Waals surface area contributed by atoms with Crippen molar-refractivity contribution in [2.24, 2.45) is 5.73 Å². The van der Waals surface area contributed by atoms with Crippen molar-refractivity contribution in [2.45, 2.75) is 25.8 Å². The van der Waals surface area contributed by atoms with E-state index < -0.39 is 36.9 Å². The van der Waals surface area contributed by atoms with Gasteiger partial charge in [0.1, 0.15) is 9.84 Å². The SMILES string of the molecule is CCC(C)(NS(=O)(=O)CCS(C)(=O)=O)C(N)=S. The molecule has 0 aliphatic heterocycles. The standard InChI is InChI=1S/C8H18N2O4S3/c1-4-8(2,7(9)15)10-17(13,14)6-5-16(3,11)12/h10H,4-6H2,1-3H3,(H2,9,15). The van der Waals surface area contributed by atoms with Crippen LogP contribution in [0.2, 0.25) is 0 Å². The highest BCUT2D eigenvalue weighted by Crippen LogP contribution is 2.11. The smallest absolute Gasteiger partial charge is 0.213 e. The van der Waals surface area contributed by atoms with Crippen LogP contribution in [0.15, 0.2) is 0 Å². The lowest BCUT2D eigenvalue weighted by Crippen LogP contribution is -2.54. The van der Waals surface area contributed by atoms with Gasteiger partial charge in [0, 0.05) is 6.26 Å². The van der Waals surface area contributed by atoms with E-state index in [0.717, 1.165) is 6.26 Å². The Hall–Kier alpha value is -0.250. The van der Waals surface area contributed by atoms with Crippen molar-refractivity contribution in [3.63, 3.8) is 0 Å². The van der Waals surface area contributed by atoms with Crippen LogP contribution in [-0.4, -0.2) is 45.1 Å². The Morgan fingerprint density at radius 2 is 1.76 bits per heavy atom. The summed E-state index contributed by atoms with van der Waals surface area (Å²) in [6.07, 6.45) is 1.37. The average molecular weight is 302 g/mol. The lowest BCUT2D eigenvalue weighted by molar-refractivity contribution is 0.512. The Bertz CT molecular complexity index is 483. The molecule has 0 saturated carbocycles. The molecule has 9 heteroatoms. The fraction of sp³-hybridized carbons (Fsp3) is 0.875. The molecule has 0 aliphatic carbocycles. The molecule has 102 valence electrons. The maximum atomic E-state index is 11.7. The topological polar surface area (TPSA) is 106 Å². The molecule has 0 fully saturated rings. The lowest BCUT2D eigenvalue weighted by atomic mass is 10.0. The summed E-state index contributed by atoms with van der Waals surface area (Å²) in [5.41, 5.74) is 4.43. The zero-order chi connectivity index (χ0) is 13.9. The quantitative estimate of drug-likeness (QED) is 0.609. The van der Waals surface area contributed by atoms with Gasteiger partial charge in [0.05, 0.1) is 22.0 Å². The fourth-order valence-electron chi connectivity index (χ4n) is 0.952. The molecule has 1 unspecified atom stereocenters. The number of hydrogen-bond donors (Lipinski definition) is 2. The lowest BCUT2D eigenvalue weighted by Gasteiger charge is -2.27. The van der Waals surface area contributed by atoms with Crippen LogP contribution < -0.4 is 10.5 Å². The normalized spacial score (nSPS) is 16.4. The zero-order valence-corrected chi connectivity index (χ0v) is 12.5. The number of sulfone groups is 1. The molecule has 0 aliphatic rings. The van der Waals surface area contributed by atoms with Crippen molar-refractivity contribution in [2.75, 3.05) is 17.8 Å². The van der Waals surface area contributed by atoms with E-state index in [0.29, 0.717) is 6.42 Å². The summed E-state index contributed by atoms with van der Waals surface area (Å²) in [4.78, 5) is 0.0305. The van der Waals surface area contributed by atoms with E-state index in [1.165, 1.54) is 0 Å². The van der Waals surface area contributed by atoms with E-state index in [9.17, 15) is 16.8 Å². The number of hydrogen-bond acceptors (Lipinski definition) is 5. The molecule has 0 bridgehead atoms. The molecule has 0 aromatic carbocycles. The van der Waals surface area contributed by atoms with E-state index >= 15 is 0 Å². The molecule has 6 nitrogen and oxygen atoms in total. The largest absolute Gasteiger partial charge is 0.392 e. The van der Waals surface area contributed by atoms with E-state index in [2.05, 4.69) is 4.72 Å². The molecular formula is C8H18N2O4S3. The van der Waals surface area contributed by atoms with E-state index in [-0.39, 0.29) is 4.99 Å². The predicted molar refractivity (Wildman–Crippen MR) is 72.1 cm³/mol. The first-order valence-corrected chi connectivity index (χ1v) is 9.03. The van der Waals surface area contributed by atoms with Gasteiger partial charge in [0.25, 0.3) is 0 Å². The van der Waals surface area contributed by atoms with Crippen molar-refractivity contribution in [3.05, 3.63) is 0 Å². The van der Waals surface area contributed by atoms with Gasteiger partial charge in [-0.3, -0.25) is 0 Å². The molecule has 0 aromatic rings. The van der Waals surface area contributed by atoms with E-state index in [1.807, 2.05) is 0 Å². The van der Waals surface area contributed by atoms with Crippen LogP contribution >= 0.6 is 12.2 Å². The Morgan fingerprint density at radius 1 is 1.29 bits per heavy atom. The number of thiocarbonyl (C=S) groups is 1. The van der Waals surface area contributed by atoms with E-state index in [4.69, 9.17) is 18.0 Å². The van der Waals surface area contributed by atoms with Crippen LogP contribution in [0.3, 0.4) is 0 Å². The van der Waals surface area contributed by atoms with Crippen LogP contribution in [-0.2, 0) is 19.9 Å². The summed E-state index contributed by atoms with van der Waals surface area (Å²) >= 11 is 4.79. The number of sulfonamides is 1. The summed E-state index contributed by atoms with van der Waals surface area (Å²) in [6, 6.07) is 0. The van der Waals surface area contributed by atoms with Crippen molar-refractivity contribution < 1.29 is 16.8 Å². The van der Waals surface area contributed by atoms with E-state index in [1.54, 1.807) is 13.8 Å². The number of nitrogens with one attached hydrogen (secondary N) is 1. The van der Waals surface area contributed by atoms with Crippen LogP contribution in [0.1, 0.15) is 20.3 Å². The Balaban J connectivity index is 4.82. The van der Waals surface area contributed by atoms with Gasteiger partial charge in [-0.2, -0.15) is 0 Å². The number of nitrogens with two attached hydrogens (primary N) is 1. The maximum Gasteiger partial charge on any atom is 0.213 e. The Labute approximate surface area is 108 Å². The molecule has 0 spiro atoms. The van der Waals surface area contributed by atoms with Gasteiger partial charge in [-0.05, 0) is 13.3 Å². The summed E-state index contributed by atoms with van der Waals surface area (Å²) in [5, 5.41) is 0. The summed E-state index contributed by atoms with van der Waals surface area (Å²) < 4.78 is 47.5. The maximum absolute atomic E-state index is 11.7. The van der Waals surface area contributed by atoms with Gasteiger partial charge >= 0.3 is 0 Å². The minimum Gasteiger partial charge on any atom is -0.392 e. The first kappa shape index (κ1) is 16.8. The third kappa shape index (κ3) is 6.29. The third-order valence-corrected chi connectivity index (χ3v) is 5.51. The molecule has 3 N–H and O–H groups in total. The molecule has 1 atom stereocenters. The first-order valence-electron chi connectivity index (χ1n) is 4.91. The molecule has 0 saturated heterocycles. The van der Waals surface area contributed by atoms with Crippen LogP contribution in [0, 0.1) is 0 Å². The molecular weight excluding hydrogens is 284 g/mol. The second-order valence-electron chi connectivity index (χ2n) is 4.10. The zero-order valence-electron chi connectivity index (χ0n) is 10.1. The average Bonchev–Trinajstić information content (AvgIpc) is 2.13. The summed E-state index contributed by atoms with van der Waals surface area (Å²) in [7, 11) is -7.05. The predicted octanol–water partition coefficient (Wildman–Crippen LogP) is -0.595. The van der Waals surface area contributed by atoms with Gasteiger partial charge in [0.15, 0.2) is 0 Å². The number of rotatable bonds is 7. The highest BCUT2D eigenvalue weighted by molar-refractivity contribution is 7.93. The molecule has 0 radical (unpaired) electrons. The molecule has 0 aromatic heterocycles. The highest BCUT2D eigenvalue weighted by atomic mass is 32.2. The monoisotopic (exact) mass is 302 g/mol. The minimum atomic E-state index is -3.73. The van der Waals surface area contributed by atoms with Crippen molar-refractivity contribution in [1.29, 1.82) is 0 Å². The Kier molecular flexibility index (Phi) is 5.51. The van der Waals surface area contributed by atoms with Crippen molar-refractivity contribution in [3.8, 4) is 0 Å². The summed E-state index contributed by atoms with van der Waals surface area (Å²) in [5.74, 6) is -0.927. The van der Waals surface area contributed by atoms with Gasteiger partial charge < -0.3 is 5.73 Å². The summed E-state index contributed by atoms with van der Waals surface area (Å²) in [6.45, 7) is 3.30. The van der Waals surface area contributed by atoms with Gasteiger partial charge in [-0.1, -0.05) is 19.1 Å². The van der Waals surface area contributed by atoms with Crippen LogP contribution in [0.25, 0.3) is 0 Å². The fourth-order valence-corrected chi connectivity index (χ4v) is 4.34. The third-order valence-electron chi connectivity index (χ3n) is 2.35. The van der Waals surface area contributed by atoms with Crippen molar-refractivity contribution in [1.82, 2.24) is 4.72 Å². The minimum absolute atomic E-state index is 0.0305. The molecule has 0 amide bonds. The Morgan fingerprint density at radius 3 is 2.06 bits per heavy atom. The molecule has 0 heterocycles. The van der Waals surface area contributed by atoms with Gasteiger partial charge in [-0.25, -0.2) is 21.6 Å².